The highest BCUT2D eigenvalue weighted by Gasteiger charge is 2.62. The second kappa shape index (κ2) is 5.49. The smallest absolute Gasteiger partial charge is 0.314 e. The van der Waals surface area contributed by atoms with E-state index in [2.05, 4.69) is 16.7 Å². The van der Waals surface area contributed by atoms with Crippen LogP contribution in [0.5, 0.6) is 0 Å². The number of aromatic nitrogens is 3. The largest absolute Gasteiger partial charge is 0.481 e. The van der Waals surface area contributed by atoms with Crippen LogP contribution in [0.1, 0.15) is 0 Å². The maximum absolute atomic E-state index is 12.4. The molecule has 2 saturated heterocycles. The monoisotopic (exact) mass is 319 g/mol. The fraction of sp³-hybridized carbons (Fsp3) is 0.500. The van der Waals surface area contributed by atoms with Gasteiger partial charge in [-0.05, 0) is 0 Å². The van der Waals surface area contributed by atoms with Crippen LogP contribution < -0.4 is 0 Å². The molecule has 1 N–H and O–H groups in total. The molecular weight excluding hydrogens is 302 g/mol. The van der Waals surface area contributed by atoms with Gasteiger partial charge in [0.05, 0.1) is 5.92 Å². The zero-order valence-corrected chi connectivity index (χ0v) is 12.5. The van der Waals surface area contributed by atoms with Gasteiger partial charge in [0.2, 0.25) is 11.8 Å². The van der Waals surface area contributed by atoms with Crippen molar-refractivity contribution in [1.29, 1.82) is 0 Å². The van der Waals surface area contributed by atoms with Gasteiger partial charge in [-0.3, -0.25) is 14.4 Å². The third kappa shape index (κ3) is 2.37. The molecule has 2 aliphatic heterocycles. The lowest BCUT2D eigenvalue weighted by Crippen LogP contribution is -2.42. The Hall–Kier alpha value is -2.71. The standard InChI is InChI=1S/C14H17N5O4/c1-2-3-17-6-14(13(22)23)7-18(4-10(14)12(17)21)11(20)5-19-9-15-8-16-19/h2,8-10H,1,3-7H2,(H,22,23)/t10-,14+/m1/s1. The summed E-state index contributed by atoms with van der Waals surface area (Å²) in [5.74, 6) is -2.25. The van der Waals surface area contributed by atoms with Gasteiger partial charge in [0.15, 0.2) is 0 Å². The van der Waals surface area contributed by atoms with Gasteiger partial charge < -0.3 is 14.9 Å². The molecule has 3 rings (SSSR count). The molecule has 1 aromatic heterocycles. The van der Waals surface area contributed by atoms with Crippen LogP contribution in [-0.2, 0) is 20.9 Å². The van der Waals surface area contributed by atoms with Crippen molar-refractivity contribution in [3.8, 4) is 0 Å². The van der Waals surface area contributed by atoms with E-state index in [1.807, 2.05) is 0 Å². The van der Waals surface area contributed by atoms with Gasteiger partial charge in [0.1, 0.15) is 24.6 Å². The molecule has 0 bridgehead atoms. The molecular formula is C14H17N5O4. The molecule has 1 aromatic rings. The number of carboxylic acids is 1. The summed E-state index contributed by atoms with van der Waals surface area (Å²) in [6.07, 6.45) is 4.31. The Morgan fingerprint density at radius 2 is 2.26 bits per heavy atom. The minimum atomic E-state index is -1.24. The van der Waals surface area contributed by atoms with Crippen LogP contribution in [0.2, 0.25) is 0 Å². The molecule has 0 unspecified atom stereocenters. The van der Waals surface area contributed by atoms with Gasteiger partial charge in [-0.15, -0.1) is 6.58 Å². The fourth-order valence-corrected chi connectivity index (χ4v) is 3.36. The molecule has 0 radical (unpaired) electrons. The number of fused-ring (bicyclic) bond motifs is 1. The maximum atomic E-state index is 12.4. The minimum absolute atomic E-state index is 0.0209. The summed E-state index contributed by atoms with van der Waals surface area (Å²) in [6.45, 7) is 4.13. The van der Waals surface area contributed by atoms with Crippen molar-refractivity contribution >= 4 is 17.8 Å². The molecule has 9 heteroatoms. The van der Waals surface area contributed by atoms with E-state index >= 15 is 0 Å². The predicted molar refractivity (Wildman–Crippen MR) is 76.9 cm³/mol. The zero-order valence-electron chi connectivity index (χ0n) is 12.5. The Labute approximate surface area is 132 Å². The Balaban J connectivity index is 1.78. The van der Waals surface area contributed by atoms with Crippen LogP contribution in [0.3, 0.4) is 0 Å². The molecule has 3 heterocycles. The Bertz CT molecular complexity index is 658. The lowest BCUT2D eigenvalue weighted by molar-refractivity contribution is -0.150. The second-order valence-corrected chi connectivity index (χ2v) is 5.89. The fourth-order valence-electron chi connectivity index (χ4n) is 3.36. The average Bonchev–Trinajstić information content (AvgIpc) is 3.18. The normalized spacial score (nSPS) is 26.4. The molecule has 23 heavy (non-hydrogen) atoms. The molecule has 2 fully saturated rings. The summed E-state index contributed by atoms with van der Waals surface area (Å²) in [5.41, 5.74) is -1.24. The lowest BCUT2D eigenvalue weighted by atomic mass is 9.81. The first-order valence-corrected chi connectivity index (χ1v) is 7.21. The maximum Gasteiger partial charge on any atom is 0.314 e. The molecule has 0 spiro atoms. The SMILES string of the molecule is C=CCN1C[C@]2(C(=O)O)CN(C(=O)Cn3cncn3)C[C@@H]2C1=O. The predicted octanol–water partition coefficient (Wildman–Crippen LogP) is -1.16. The van der Waals surface area contributed by atoms with E-state index in [1.165, 1.54) is 27.1 Å². The van der Waals surface area contributed by atoms with E-state index in [9.17, 15) is 19.5 Å². The number of nitrogens with zero attached hydrogens (tertiary/aromatic N) is 5. The van der Waals surface area contributed by atoms with Gasteiger partial charge in [0, 0.05) is 26.2 Å². The summed E-state index contributed by atoms with van der Waals surface area (Å²) >= 11 is 0. The number of likely N-dealkylation sites (tertiary alicyclic amines) is 2. The molecule has 0 aromatic carbocycles. The third-order valence-corrected chi connectivity index (χ3v) is 4.52. The first-order chi connectivity index (χ1) is 11.0. The van der Waals surface area contributed by atoms with Crippen molar-refractivity contribution in [2.45, 2.75) is 6.54 Å². The third-order valence-electron chi connectivity index (χ3n) is 4.52. The van der Waals surface area contributed by atoms with Crippen LogP contribution in [0.4, 0.5) is 0 Å². The number of aliphatic carboxylic acids is 1. The van der Waals surface area contributed by atoms with Crippen LogP contribution in [0.25, 0.3) is 0 Å². The summed E-state index contributed by atoms with van der Waals surface area (Å²) in [5, 5.41) is 13.5. The van der Waals surface area contributed by atoms with E-state index in [0.29, 0.717) is 6.54 Å². The van der Waals surface area contributed by atoms with Gasteiger partial charge in [-0.1, -0.05) is 6.08 Å². The second-order valence-electron chi connectivity index (χ2n) is 5.89. The van der Waals surface area contributed by atoms with Gasteiger partial charge in [-0.2, -0.15) is 5.10 Å². The highest BCUT2D eigenvalue weighted by molar-refractivity contribution is 5.94. The Kier molecular flexibility index (Phi) is 3.63. The minimum Gasteiger partial charge on any atom is -0.481 e. The highest BCUT2D eigenvalue weighted by atomic mass is 16.4. The van der Waals surface area contributed by atoms with Crippen molar-refractivity contribution in [2.75, 3.05) is 26.2 Å². The lowest BCUT2D eigenvalue weighted by Gasteiger charge is -2.24. The van der Waals surface area contributed by atoms with Crippen molar-refractivity contribution in [3.63, 3.8) is 0 Å². The molecule has 0 saturated carbocycles. The molecule has 0 aliphatic carbocycles. The van der Waals surface area contributed by atoms with Gasteiger partial charge in [-0.25, -0.2) is 9.67 Å². The number of amides is 2. The number of carboxylic acid groups (broad SMARTS) is 1. The van der Waals surface area contributed by atoms with Crippen LogP contribution in [0.15, 0.2) is 25.3 Å². The molecule has 122 valence electrons. The van der Waals surface area contributed by atoms with Gasteiger partial charge in [0.25, 0.3) is 0 Å². The topological polar surface area (TPSA) is 109 Å². The van der Waals surface area contributed by atoms with E-state index < -0.39 is 17.3 Å². The van der Waals surface area contributed by atoms with Crippen LogP contribution >= 0.6 is 0 Å². The summed E-state index contributed by atoms with van der Waals surface area (Å²) < 4.78 is 1.37. The van der Waals surface area contributed by atoms with Crippen molar-refractivity contribution in [1.82, 2.24) is 24.6 Å². The number of hydrogen-bond donors (Lipinski definition) is 1. The Morgan fingerprint density at radius 3 is 2.83 bits per heavy atom. The van der Waals surface area contributed by atoms with Crippen molar-refractivity contribution in [3.05, 3.63) is 25.3 Å². The molecule has 2 amide bonds. The summed E-state index contributed by atoms with van der Waals surface area (Å²) in [7, 11) is 0. The first kappa shape index (κ1) is 15.2. The van der Waals surface area contributed by atoms with E-state index in [0.717, 1.165) is 0 Å². The highest BCUT2D eigenvalue weighted by Crippen LogP contribution is 2.43. The number of rotatable bonds is 5. The summed E-state index contributed by atoms with van der Waals surface area (Å²) in [4.78, 5) is 43.2. The number of carbonyl (C=O) groups excluding carboxylic acids is 2. The van der Waals surface area contributed by atoms with Crippen molar-refractivity contribution < 1.29 is 19.5 Å². The number of hydrogen-bond acceptors (Lipinski definition) is 5. The van der Waals surface area contributed by atoms with Gasteiger partial charge >= 0.3 is 5.97 Å². The summed E-state index contributed by atoms with van der Waals surface area (Å²) in [6, 6.07) is 0. The quantitative estimate of drug-likeness (QED) is 0.686. The zero-order chi connectivity index (χ0) is 16.6. The van der Waals surface area contributed by atoms with Crippen molar-refractivity contribution in [2.24, 2.45) is 11.3 Å². The van der Waals surface area contributed by atoms with Crippen LogP contribution in [-0.4, -0.2) is 73.6 Å². The van der Waals surface area contributed by atoms with E-state index in [4.69, 9.17) is 0 Å². The molecule has 2 atom stereocenters. The average molecular weight is 319 g/mol. The molecule has 9 nitrogen and oxygen atoms in total. The Morgan fingerprint density at radius 1 is 1.48 bits per heavy atom. The van der Waals surface area contributed by atoms with Crippen LogP contribution in [0, 0.1) is 11.3 Å². The first-order valence-electron chi connectivity index (χ1n) is 7.21. The van der Waals surface area contributed by atoms with E-state index in [1.54, 1.807) is 6.08 Å². The van der Waals surface area contributed by atoms with E-state index in [-0.39, 0.29) is 38.0 Å². The number of carbonyl (C=O) groups is 3. The molecule has 2 aliphatic rings.